The lowest BCUT2D eigenvalue weighted by Crippen LogP contribution is -2.30. The Morgan fingerprint density at radius 3 is 2.72 bits per heavy atom. The summed E-state index contributed by atoms with van der Waals surface area (Å²) in [6, 6.07) is 0. The highest BCUT2D eigenvalue weighted by Crippen LogP contribution is 2.27. The molecule has 0 amide bonds. The summed E-state index contributed by atoms with van der Waals surface area (Å²) in [5, 5.41) is 0. The molecule has 6 heteroatoms. The predicted octanol–water partition coefficient (Wildman–Crippen LogP) is 2.82. The van der Waals surface area contributed by atoms with Crippen LogP contribution in [0.25, 0.3) is 11.0 Å². The van der Waals surface area contributed by atoms with Crippen LogP contribution in [0.3, 0.4) is 0 Å². The zero-order chi connectivity index (χ0) is 11.8. The number of hydrogen-bond acceptors (Lipinski definition) is 3. The molecule has 1 aliphatic rings. The van der Waals surface area contributed by atoms with E-state index in [1.165, 1.54) is 6.42 Å². The van der Waals surface area contributed by atoms with E-state index in [1.54, 1.807) is 13.1 Å². The van der Waals surface area contributed by atoms with E-state index in [2.05, 4.69) is 19.9 Å². The number of aromatic amines is 1. The largest absolute Gasteiger partial charge is 0.356 e. The molecule has 0 saturated carbocycles. The molecule has 3 heterocycles. The highest BCUT2D eigenvalue weighted by atomic mass is 35.5. The Morgan fingerprint density at radius 2 is 2.00 bits per heavy atom. The third-order valence-electron chi connectivity index (χ3n) is 3.25. The van der Waals surface area contributed by atoms with E-state index in [1.807, 2.05) is 0 Å². The van der Waals surface area contributed by atoms with Crippen LogP contribution in [0.2, 0.25) is 0 Å². The van der Waals surface area contributed by atoms with Gasteiger partial charge in [0.05, 0.1) is 11.7 Å². The fraction of sp³-hybridized carbons (Fsp3) is 0.500. The van der Waals surface area contributed by atoms with Gasteiger partial charge in [-0.05, 0) is 26.2 Å². The Morgan fingerprint density at radius 1 is 1.28 bits per heavy atom. The second-order valence-corrected chi connectivity index (χ2v) is 4.51. The first-order chi connectivity index (χ1) is 8.25. The second-order valence-electron chi connectivity index (χ2n) is 4.51. The van der Waals surface area contributed by atoms with Crippen LogP contribution in [0.1, 0.15) is 25.1 Å². The number of piperidine rings is 1. The molecule has 0 unspecified atom stereocenters. The first-order valence-corrected chi connectivity index (χ1v) is 6.01. The lowest BCUT2D eigenvalue weighted by molar-refractivity contribution is 0.556. The molecular formula is C12H16ClFN4. The molecule has 0 bridgehead atoms. The maximum atomic E-state index is 14.2. The summed E-state index contributed by atoms with van der Waals surface area (Å²) in [7, 11) is 0. The highest BCUT2D eigenvalue weighted by Gasteiger charge is 2.20. The zero-order valence-electron chi connectivity index (χ0n) is 10.2. The van der Waals surface area contributed by atoms with Gasteiger partial charge in [0.25, 0.3) is 0 Å². The molecule has 1 saturated heterocycles. The number of halogens is 2. The minimum atomic E-state index is -0.243. The fourth-order valence-corrected chi connectivity index (χ4v) is 2.36. The highest BCUT2D eigenvalue weighted by molar-refractivity contribution is 5.85. The van der Waals surface area contributed by atoms with E-state index in [-0.39, 0.29) is 18.2 Å². The summed E-state index contributed by atoms with van der Waals surface area (Å²) in [5.41, 5.74) is 1.08. The van der Waals surface area contributed by atoms with Crippen molar-refractivity contribution >= 4 is 29.3 Å². The molecule has 0 spiro atoms. The van der Waals surface area contributed by atoms with Crippen LogP contribution >= 0.6 is 12.4 Å². The van der Waals surface area contributed by atoms with E-state index in [4.69, 9.17) is 0 Å². The summed E-state index contributed by atoms with van der Waals surface area (Å²) >= 11 is 0. The van der Waals surface area contributed by atoms with Crippen LogP contribution in [0.5, 0.6) is 0 Å². The zero-order valence-corrected chi connectivity index (χ0v) is 11.1. The van der Waals surface area contributed by atoms with Crippen molar-refractivity contribution in [3.63, 3.8) is 0 Å². The van der Waals surface area contributed by atoms with Gasteiger partial charge in [0.15, 0.2) is 5.82 Å². The van der Waals surface area contributed by atoms with Crippen molar-refractivity contribution < 1.29 is 4.39 Å². The standard InChI is InChI=1S/C12H15FN4.ClH/c1-8-14-7-9-11(15-8)10(13)12(16-9)17-5-3-2-4-6-17;/h7,16H,2-6H2,1H3;1H. The average Bonchev–Trinajstić information content (AvgIpc) is 2.68. The number of anilines is 1. The summed E-state index contributed by atoms with van der Waals surface area (Å²) in [4.78, 5) is 13.4. The normalized spacial score (nSPS) is 15.8. The van der Waals surface area contributed by atoms with Crippen molar-refractivity contribution in [3.05, 3.63) is 17.8 Å². The van der Waals surface area contributed by atoms with E-state index < -0.39 is 0 Å². The van der Waals surface area contributed by atoms with E-state index in [9.17, 15) is 4.39 Å². The third kappa shape index (κ3) is 2.14. The number of aryl methyl sites for hydroxylation is 1. The SMILES string of the molecule is Cc1ncc2[nH]c(N3CCCCC3)c(F)c2n1.Cl. The number of nitrogens with one attached hydrogen (secondary N) is 1. The molecule has 1 aliphatic heterocycles. The Balaban J connectivity index is 0.00000120. The number of fused-ring (bicyclic) bond motifs is 1. The summed E-state index contributed by atoms with van der Waals surface area (Å²) in [6.07, 6.45) is 5.13. The van der Waals surface area contributed by atoms with Crippen LogP contribution in [0, 0.1) is 12.7 Å². The second kappa shape index (κ2) is 5.10. The number of hydrogen-bond donors (Lipinski definition) is 1. The molecule has 0 aliphatic carbocycles. The quantitative estimate of drug-likeness (QED) is 0.867. The maximum Gasteiger partial charge on any atom is 0.191 e. The number of rotatable bonds is 1. The fourth-order valence-electron chi connectivity index (χ4n) is 2.36. The Kier molecular flexibility index (Phi) is 3.71. The van der Waals surface area contributed by atoms with Gasteiger partial charge in [-0.2, -0.15) is 0 Å². The molecule has 2 aromatic rings. The minimum absolute atomic E-state index is 0. The van der Waals surface area contributed by atoms with Gasteiger partial charge >= 0.3 is 0 Å². The van der Waals surface area contributed by atoms with Gasteiger partial charge in [-0.25, -0.2) is 14.4 Å². The van der Waals surface area contributed by atoms with E-state index in [0.717, 1.165) is 25.9 Å². The molecular weight excluding hydrogens is 255 g/mol. The Bertz CT molecular complexity index is 548. The lowest BCUT2D eigenvalue weighted by atomic mass is 10.1. The first kappa shape index (κ1) is 13.1. The molecule has 98 valence electrons. The smallest absolute Gasteiger partial charge is 0.191 e. The molecule has 1 N–H and O–H groups in total. The summed E-state index contributed by atoms with van der Waals surface area (Å²) in [6.45, 7) is 3.60. The van der Waals surface area contributed by atoms with Crippen LogP contribution in [-0.2, 0) is 0 Å². The van der Waals surface area contributed by atoms with Gasteiger partial charge in [0.2, 0.25) is 0 Å². The number of aromatic nitrogens is 3. The van der Waals surface area contributed by atoms with Crippen molar-refractivity contribution in [3.8, 4) is 0 Å². The van der Waals surface area contributed by atoms with Gasteiger partial charge in [0.1, 0.15) is 17.2 Å². The van der Waals surface area contributed by atoms with Crippen molar-refractivity contribution in [1.82, 2.24) is 15.0 Å². The molecule has 0 radical (unpaired) electrons. The van der Waals surface area contributed by atoms with Crippen molar-refractivity contribution in [1.29, 1.82) is 0 Å². The van der Waals surface area contributed by atoms with Crippen molar-refractivity contribution in [2.24, 2.45) is 0 Å². The molecule has 0 aromatic carbocycles. The molecule has 1 fully saturated rings. The van der Waals surface area contributed by atoms with E-state index in [0.29, 0.717) is 22.7 Å². The minimum Gasteiger partial charge on any atom is -0.356 e. The molecule has 3 rings (SSSR count). The lowest BCUT2D eigenvalue weighted by Gasteiger charge is -2.27. The third-order valence-corrected chi connectivity index (χ3v) is 3.25. The van der Waals surface area contributed by atoms with Crippen molar-refractivity contribution in [2.45, 2.75) is 26.2 Å². The first-order valence-electron chi connectivity index (χ1n) is 6.01. The summed E-state index contributed by atoms with van der Waals surface area (Å²) in [5.74, 6) is 0.924. The van der Waals surface area contributed by atoms with Crippen LogP contribution in [0.15, 0.2) is 6.20 Å². The van der Waals surface area contributed by atoms with Crippen LogP contribution < -0.4 is 4.90 Å². The van der Waals surface area contributed by atoms with Gasteiger partial charge in [-0.3, -0.25) is 0 Å². The van der Waals surface area contributed by atoms with E-state index >= 15 is 0 Å². The maximum absolute atomic E-state index is 14.2. The Hall–Kier alpha value is -1.36. The number of nitrogens with zero attached hydrogens (tertiary/aromatic N) is 3. The molecule has 4 nitrogen and oxygen atoms in total. The summed E-state index contributed by atoms with van der Waals surface area (Å²) < 4.78 is 14.2. The van der Waals surface area contributed by atoms with Gasteiger partial charge in [0, 0.05) is 13.1 Å². The monoisotopic (exact) mass is 270 g/mol. The van der Waals surface area contributed by atoms with Gasteiger partial charge < -0.3 is 9.88 Å². The van der Waals surface area contributed by atoms with Gasteiger partial charge in [-0.1, -0.05) is 0 Å². The van der Waals surface area contributed by atoms with Crippen molar-refractivity contribution in [2.75, 3.05) is 18.0 Å². The average molecular weight is 271 g/mol. The van der Waals surface area contributed by atoms with Crippen LogP contribution in [0.4, 0.5) is 10.2 Å². The Labute approximate surface area is 111 Å². The van der Waals surface area contributed by atoms with Gasteiger partial charge in [-0.15, -0.1) is 12.4 Å². The predicted molar refractivity (Wildman–Crippen MR) is 71.9 cm³/mol. The molecule has 18 heavy (non-hydrogen) atoms. The topological polar surface area (TPSA) is 44.8 Å². The molecule has 0 atom stereocenters. The molecule has 2 aromatic heterocycles. The number of H-pyrrole nitrogens is 1. The van der Waals surface area contributed by atoms with Crippen LogP contribution in [-0.4, -0.2) is 28.0 Å².